The molecule has 0 aliphatic heterocycles. The fraction of sp³-hybridized carbons (Fsp3) is 0.571. The number of aromatic nitrogens is 1. The Labute approximate surface area is 114 Å². The second kappa shape index (κ2) is 7.86. The Balaban J connectivity index is 2.78. The molecule has 0 bridgehead atoms. The van der Waals surface area contributed by atoms with E-state index in [1.165, 1.54) is 0 Å². The summed E-state index contributed by atoms with van der Waals surface area (Å²) in [4.78, 5) is 18.3. The van der Waals surface area contributed by atoms with Crippen LogP contribution in [0.2, 0.25) is 0 Å². The summed E-state index contributed by atoms with van der Waals surface area (Å²) in [5.41, 5.74) is 6.89. The highest BCUT2D eigenvalue weighted by atomic mass is 16.5. The Morgan fingerprint density at radius 2 is 2.21 bits per heavy atom. The lowest BCUT2D eigenvalue weighted by atomic mass is 10.2. The van der Waals surface area contributed by atoms with Crippen molar-refractivity contribution in [1.82, 2.24) is 9.88 Å². The molecule has 2 N–H and O–H groups in total. The molecule has 1 amide bonds. The summed E-state index contributed by atoms with van der Waals surface area (Å²) in [6, 6.07) is 3.56. The Morgan fingerprint density at radius 1 is 1.47 bits per heavy atom. The SMILES string of the molecule is COCCN(CC(C)C)C(=O)c1ccc(CN)cn1. The zero-order valence-corrected chi connectivity index (χ0v) is 11.9. The normalized spacial score (nSPS) is 10.8. The van der Waals surface area contributed by atoms with Gasteiger partial charge in [0.2, 0.25) is 0 Å². The lowest BCUT2D eigenvalue weighted by Crippen LogP contribution is -2.37. The van der Waals surface area contributed by atoms with Gasteiger partial charge in [-0.1, -0.05) is 19.9 Å². The predicted molar refractivity (Wildman–Crippen MR) is 74.7 cm³/mol. The molecule has 1 aromatic heterocycles. The van der Waals surface area contributed by atoms with Gasteiger partial charge >= 0.3 is 0 Å². The quantitative estimate of drug-likeness (QED) is 0.806. The predicted octanol–water partition coefficient (Wildman–Crippen LogP) is 1.28. The van der Waals surface area contributed by atoms with Crippen LogP contribution in [-0.4, -0.2) is 42.6 Å². The van der Waals surface area contributed by atoms with Crippen molar-refractivity contribution in [2.45, 2.75) is 20.4 Å². The van der Waals surface area contributed by atoms with Gasteiger partial charge in [0.1, 0.15) is 5.69 Å². The molecule has 19 heavy (non-hydrogen) atoms. The molecule has 106 valence electrons. The van der Waals surface area contributed by atoms with Crippen molar-refractivity contribution in [3.8, 4) is 0 Å². The van der Waals surface area contributed by atoms with Crippen LogP contribution in [0, 0.1) is 5.92 Å². The lowest BCUT2D eigenvalue weighted by Gasteiger charge is -2.24. The van der Waals surface area contributed by atoms with Crippen molar-refractivity contribution in [1.29, 1.82) is 0 Å². The summed E-state index contributed by atoms with van der Waals surface area (Å²) < 4.78 is 5.05. The van der Waals surface area contributed by atoms with Gasteiger partial charge in [0.25, 0.3) is 5.91 Å². The Morgan fingerprint density at radius 3 is 2.68 bits per heavy atom. The first-order valence-electron chi connectivity index (χ1n) is 6.51. The second-order valence-corrected chi connectivity index (χ2v) is 4.89. The molecule has 1 rings (SSSR count). The molecule has 0 atom stereocenters. The number of carbonyl (C=O) groups excluding carboxylic acids is 1. The van der Waals surface area contributed by atoms with Crippen LogP contribution in [0.3, 0.4) is 0 Å². The van der Waals surface area contributed by atoms with E-state index in [2.05, 4.69) is 18.8 Å². The van der Waals surface area contributed by atoms with Crippen LogP contribution in [0.1, 0.15) is 29.9 Å². The summed E-state index contributed by atoms with van der Waals surface area (Å²) in [6.45, 7) is 6.40. The molecule has 0 spiro atoms. The first-order chi connectivity index (χ1) is 9.08. The van der Waals surface area contributed by atoms with Crippen molar-refractivity contribution < 1.29 is 9.53 Å². The summed E-state index contributed by atoms with van der Waals surface area (Å²) in [7, 11) is 1.63. The van der Waals surface area contributed by atoms with Gasteiger partial charge in [0, 0.05) is 32.9 Å². The van der Waals surface area contributed by atoms with Gasteiger partial charge in [-0.3, -0.25) is 9.78 Å². The highest BCUT2D eigenvalue weighted by Crippen LogP contribution is 2.07. The van der Waals surface area contributed by atoms with Crippen LogP contribution in [0.4, 0.5) is 0 Å². The minimum Gasteiger partial charge on any atom is -0.383 e. The number of rotatable bonds is 7. The third-order valence-electron chi connectivity index (χ3n) is 2.72. The molecule has 0 aliphatic rings. The minimum absolute atomic E-state index is 0.0608. The molecule has 0 aliphatic carbocycles. The fourth-order valence-electron chi connectivity index (χ4n) is 1.75. The minimum atomic E-state index is -0.0608. The molecule has 0 radical (unpaired) electrons. The molecule has 0 unspecified atom stereocenters. The number of amides is 1. The maximum Gasteiger partial charge on any atom is 0.272 e. The fourth-order valence-corrected chi connectivity index (χ4v) is 1.75. The molecule has 1 heterocycles. The zero-order valence-electron chi connectivity index (χ0n) is 11.9. The van der Waals surface area contributed by atoms with Gasteiger partial charge in [0.05, 0.1) is 6.61 Å². The number of nitrogens with zero attached hydrogens (tertiary/aromatic N) is 2. The van der Waals surface area contributed by atoms with Crippen molar-refractivity contribution in [2.75, 3.05) is 26.8 Å². The van der Waals surface area contributed by atoms with Crippen molar-refractivity contribution in [3.63, 3.8) is 0 Å². The number of hydrogen-bond donors (Lipinski definition) is 1. The Bertz CT molecular complexity index is 390. The van der Waals surface area contributed by atoms with E-state index in [1.54, 1.807) is 24.3 Å². The van der Waals surface area contributed by atoms with Crippen LogP contribution in [0.5, 0.6) is 0 Å². The van der Waals surface area contributed by atoms with E-state index in [1.807, 2.05) is 6.07 Å². The van der Waals surface area contributed by atoms with Crippen LogP contribution in [0.15, 0.2) is 18.3 Å². The molecule has 5 nitrogen and oxygen atoms in total. The van der Waals surface area contributed by atoms with E-state index in [9.17, 15) is 4.79 Å². The highest BCUT2D eigenvalue weighted by molar-refractivity contribution is 5.92. The van der Waals surface area contributed by atoms with Gasteiger partial charge in [-0.25, -0.2) is 0 Å². The summed E-state index contributed by atoms with van der Waals surface area (Å²) >= 11 is 0. The maximum absolute atomic E-state index is 12.4. The van der Waals surface area contributed by atoms with E-state index < -0.39 is 0 Å². The van der Waals surface area contributed by atoms with E-state index >= 15 is 0 Å². The monoisotopic (exact) mass is 265 g/mol. The third-order valence-corrected chi connectivity index (χ3v) is 2.72. The number of pyridine rings is 1. The van der Waals surface area contributed by atoms with Gasteiger partial charge < -0.3 is 15.4 Å². The summed E-state index contributed by atoms with van der Waals surface area (Å²) in [5.74, 6) is 0.346. The first kappa shape index (κ1) is 15.6. The smallest absolute Gasteiger partial charge is 0.272 e. The topological polar surface area (TPSA) is 68.5 Å². The standard InChI is InChI=1S/C14H23N3O2/c1-11(2)10-17(6-7-19-3)14(18)13-5-4-12(8-15)9-16-13/h4-5,9,11H,6-8,10,15H2,1-3H3. The molecular formula is C14H23N3O2. The average Bonchev–Trinajstić information content (AvgIpc) is 2.42. The van der Waals surface area contributed by atoms with Gasteiger partial charge in [-0.05, 0) is 17.5 Å². The highest BCUT2D eigenvalue weighted by Gasteiger charge is 2.17. The van der Waals surface area contributed by atoms with E-state index in [0.717, 1.165) is 5.56 Å². The molecule has 0 aromatic carbocycles. The van der Waals surface area contributed by atoms with Crippen molar-refractivity contribution in [2.24, 2.45) is 11.7 Å². The molecule has 1 aromatic rings. The maximum atomic E-state index is 12.4. The van der Waals surface area contributed by atoms with E-state index in [0.29, 0.717) is 37.9 Å². The number of methoxy groups -OCH3 is 1. The van der Waals surface area contributed by atoms with Crippen LogP contribution in [-0.2, 0) is 11.3 Å². The van der Waals surface area contributed by atoms with Crippen LogP contribution < -0.4 is 5.73 Å². The van der Waals surface area contributed by atoms with E-state index in [-0.39, 0.29) is 5.91 Å². The first-order valence-corrected chi connectivity index (χ1v) is 6.51. The molecule has 0 saturated carbocycles. The average molecular weight is 265 g/mol. The third kappa shape index (κ3) is 4.96. The zero-order chi connectivity index (χ0) is 14.3. The van der Waals surface area contributed by atoms with Crippen molar-refractivity contribution in [3.05, 3.63) is 29.6 Å². The Hall–Kier alpha value is -1.46. The van der Waals surface area contributed by atoms with Crippen molar-refractivity contribution >= 4 is 5.91 Å². The number of ether oxygens (including phenoxy) is 1. The van der Waals surface area contributed by atoms with Gasteiger partial charge in [-0.2, -0.15) is 0 Å². The van der Waals surface area contributed by atoms with Crippen LogP contribution in [0.25, 0.3) is 0 Å². The molecule has 0 saturated heterocycles. The number of nitrogens with two attached hydrogens (primary N) is 1. The largest absolute Gasteiger partial charge is 0.383 e. The molecule has 0 fully saturated rings. The number of carbonyl (C=O) groups is 1. The lowest BCUT2D eigenvalue weighted by molar-refractivity contribution is 0.0666. The Kier molecular flexibility index (Phi) is 6.45. The van der Waals surface area contributed by atoms with Gasteiger partial charge in [-0.15, -0.1) is 0 Å². The second-order valence-electron chi connectivity index (χ2n) is 4.89. The van der Waals surface area contributed by atoms with E-state index in [4.69, 9.17) is 10.5 Å². The van der Waals surface area contributed by atoms with Crippen LogP contribution >= 0.6 is 0 Å². The van der Waals surface area contributed by atoms with Gasteiger partial charge in [0.15, 0.2) is 0 Å². The molecule has 5 heteroatoms. The summed E-state index contributed by atoms with van der Waals surface area (Å²) in [5, 5.41) is 0. The molecular weight excluding hydrogens is 242 g/mol. The summed E-state index contributed by atoms with van der Waals surface area (Å²) in [6.07, 6.45) is 1.65. The number of hydrogen-bond acceptors (Lipinski definition) is 4.